The number of piperidine rings is 1. The summed E-state index contributed by atoms with van der Waals surface area (Å²) in [6, 6.07) is 8.60. The Balaban J connectivity index is 1.88. The zero-order chi connectivity index (χ0) is 16.1. The predicted molar refractivity (Wildman–Crippen MR) is 84.8 cm³/mol. The van der Waals surface area contributed by atoms with Crippen LogP contribution in [-0.4, -0.2) is 23.8 Å². The van der Waals surface area contributed by atoms with Crippen LogP contribution in [0.3, 0.4) is 0 Å². The van der Waals surface area contributed by atoms with Gasteiger partial charge < -0.3 is 5.73 Å². The van der Waals surface area contributed by atoms with Crippen LogP contribution in [0, 0.1) is 0 Å². The van der Waals surface area contributed by atoms with Crippen LogP contribution in [0.2, 0.25) is 0 Å². The molecule has 0 aromatic heterocycles. The van der Waals surface area contributed by atoms with Crippen molar-refractivity contribution in [2.24, 2.45) is 5.73 Å². The van der Waals surface area contributed by atoms with Crippen LogP contribution in [0.5, 0.6) is 0 Å². The highest BCUT2D eigenvalue weighted by molar-refractivity contribution is 6.27. The van der Waals surface area contributed by atoms with Crippen LogP contribution in [0.15, 0.2) is 30.3 Å². The number of nitrogens with one attached hydrogen (secondary N) is 1. The Morgan fingerprint density at radius 2 is 2.00 bits per heavy atom. The number of amides is 3. The number of anilines is 1. The van der Waals surface area contributed by atoms with E-state index < -0.39 is 11.9 Å². The molecule has 0 bridgehead atoms. The number of carbonyl (C=O) groups excluding carboxylic acids is 3. The SMILES string of the molecule is NCc1ccc2c3c(cccc13)C(=O)N2C1CCC(=O)NC1=O. The molecular weight excluding hydrogens is 294 g/mol. The van der Waals surface area contributed by atoms with Crippen molar-refractivity contribution in [2.75, 3.05) is 4.90 Å². The summed E-state index contributed by atoms with van der Waals surface area (Å²) in [6.07, 6.45) is 0.574. The first-order valence-corrected chi connectivity index (χ1v) is 7.53. The van der Waals surface area contributed by atoms with Gasteiger partial charge in [-0.1, -0.05) is 18.2 Å². The van der Waals surface area contributed by atoms with E-state index in [9.17, 15) is 14.4 Å². The lowest BCUT2D eigenvalue weighted by molar-refractivity contribution is -0.134. The summed E-state index contributed by atoms with van der Waals surface area (Å²) < 4.78 is 0. The van der Waals surface area contributed by atoms with Crippen molar-refractivity contribution >= 4 is 34.2 Å². The molecule has 2 heterocycles. The molecule has 6 heteroatoms. The molecule has 116 valence electrons. The Kier molecular flexibility index (Phi) is 2.96. The fourth-order valence-electron chi connectivity index (χ4n) is 3.48. The number of benzene rings is 2. The number of nitrogens with zero attached hydrogens (tertiary/aromatic N) is 1. The third-order valence-electron chi connectivity index (χ3n) is 4.56. The standard InChI is InChI=1S/C17H15N3O3/c18-8-9-4-5-12-15-10(9)2-1-3-11(15)17(23)20(12)13-6-7-14(21)19-16(13)22/h1-5,13H,6-8,18H2,(H,19,21,22). The monoisotopic (exact) mass is 309 g/mol. The number of rotatable bonds is 2. The van der Waals surface area contributed by atoms with Gasteiger partial charge in [0.2, 0.25) is 11.8 Å². The number of carbonyl (C=O) groups is 3. The molecular formula is C17H15N3O3. The third kappa shape index (κ3) is 1.88. The van der Waals surface area contributed by atoms with Crippen molar-refractivity contribution in [2.45, 2.75) is 25.4 Å². The van der Waals surface area contributed by atoms with Crippen molar-refractivity contribution in [1.82, 2.24) is 5.32 Å². The molecule has 0 saturated carbocycles. The van der Waals surface area contributed by atoms with Crippen LogP contribution in [0.25, 0.3) is 10.8 Å². The summed E-state index contributed by atoms with van der Waals surface area (Å²) in [5.74, 6) is -0.910. The second-order valence-electron chi connectivity index (χ2n) is 5.82. The zero-order valence-corrected chi connectivity index (χ0v) is 12.3. The molecule has 1 saturated heterocycles. The lowest BCUT2D eigenvalue weighted by atomic mass is 10.0. The van der Waals surface area contributed by atoms with Crippen molar-refractivity contribution < 1.29 is 14.4 Å². The Morgan fingerprint density at radius 3 is 2.74 bits per heavy atom. The molecule has 1 fully saturated rings. The van der Waals surface area contributed by atoms with Gasteiger partial charge in [0, 0.05) is 23.9 Å². The first-order chi connectivity index (χ1) is 11.1. The molecule has 3 amide bonds. The average molecular weight is 309 g/mol. The summed E-state index contributed by atoms with van der Waals surface area (Å²) in [5, 5.41) is 4.09. The highest BCUT2D eigenvalue weighted by atomic mass is 16.2. The van der Waals surface area contributed by atoms with Crippen LogP contribution in [0.1, 0.15) is 28.8 Å². The smallest absolute Gasteiger partial charge is 0.259 e. The largest absolute Gasteiger partial charge is 0.326 e. The summed E-state index contributed by atoms with van der Waals surface area (Å²) in [4.78, 5) is 37.9. The van der Waals surface area contributed by atoms with Gasteiger partial charge in [0.15, 0.2) is 0 Å². The maximum atomic E-state index is 12.8. The molecule has 2 aromatic carbocycles. The summed E-state index contributed by atoms with van der Waals surface area (Å²) in [7, 11) is 0. The quantitative estimate of drug-likeness (QED) is 0.811. The lowest BCUT2D eigenvalue weighted by Crippen LogP contribution is -2.53. The van der Waals surface area contributed by atoms with E-state index in [4.69, 9.17) is 5.73 Å². The van der Waals surface area contributed by atoms with Gasteiger partial charge in [-0.05, 0) is 29.5 Å². The maximum Gasteiger partial charge on any atom is 0.259 e. The van der Waals surface area contributed by atoms with E-state index in [1.807, 2.05) is 24.3 Å². The first-order valence-electron chi connectivity index (χ1n) is 7.53. The highest BCUT2D eigenvalue weighted by Gasteiger charge is 2.40. The Bertz CT molecular complexity index is 875. The van der Waals surface area contributed by atoms with E-state index in [0.29, 0.717) is 24.2 Å². The minimum atomic E-state index is -0.653. The number of hydrogen-bond donors (Lipinski definition) is 2. The van der Waals surface area contributed by atoms with Crippen molar-refractivity contribution in [3.63, 3.8) is 0 Å². The first kappa shape index (κ1) is 13.9. The van der Waals surface area contributed by atoms with Gasteiger partial charge in [0.25, 0.3) is 5.91 Å². The molecule has 1 atom stereocenters. The normalized spacial score (nSPS) is 20.3. The molecule has 1 unspecified atom stereocenters. The molecule has 2 aliphatic heterocycles. The highest BCUT2D eigenvalue weighted by Crippen LogP contribution is 2.40. The van der Waals surface area contributed by atoms with Gasteiger partial charge in [-0.15, -0.1) is 0 Å². The Morgan fingerprint density at radius 1 is 1.17 bits per heavy atom. The van der Waals surface area contributed by atoms with Gasteiger partial charge in [-0.25, -0.2) is 0 Å². The molecule has 2 aliphatic rings. The topological polar surface area (TPSA) is 92.5 Å². The van der Waals surface area contributed by atoms with E-state index in [-0.39, 0.29) is 18.2 Å². The van der Waals surface area contributed by atoms with Crippen molar-refractivity contribution in [3.05, 3.63) is 41.5 Å². The summed E-state index contributed by atoms with van der Waals surface area (Å²) in [5.41, 5.74) is 8.04. The predicted octanol–water partition coefficient (Wildman–Crippen LogP) is 1.06. The van der Waals surface area contributed by atoms with Gasteiger partial charge in [0.05, 0.1) is 5.69 Å². The lowest BCUT2D eigenvalue weighted by Gasteiger charge is -2.30. The third-order valence-corrected chi connectivity index (χ3v) is 4.56. The number of hydrogen-bond acceptors (Lipinski definition) is 4. The van der Waals surface area contributed by atoms with Gasteiger partial charge >= 0.3 is 0 Å². The van der Waals surface area contributed by atoms with Crippen molar-refractivity contribution in [1.29, 1.82) is 0 Å². The fraction of sp³-hybridized carbons (Fsp3) is 0.235. The molecule has 0 spiro atoms. The molecule has 2 aromatic rings. The second kappa shape index (κ2) is 4.89. The Hall–Kier alpha value is -2.73. The van der Waals surface area contributed by atoms with E-state index in [0.717, 1.165) is 16.3 Å². The molecule has 23 heavy (non-hydrogen) atoms. The van der Waals surface area contributed by atoms with Gasteiger partial charge in [-0.2, -0.15) is 0 Å². The molecule has 6 nitrogen and oxygen atoms in total. The van der Waals surface area contributed by atoms with E-state index in [1.54, 1.807) is 6.07 Å². The summed E-state index contributed by atoms with van der Waals surface area (Å²) in [6.45, 7) is 0.382. The van der Waals surface area contributed by atoms with Crippen molar-refractivity contribution in [3.8, 4) is 0 Å². The molecule has 0 aliphatic carbocycles. The van der Waals surface area contributed by atoms with E-state index in [1.165, 1.54) is 4.90 Å². The number of imide groups is 1. The molecule has 0 radical (unpaired) electrons. The van der Waals surface area contributed by atoms with Gasteiger partial charge in [-0.3, -0.25) is 24.6 Å². The van der Waals surface area contributed by atoms with Gasteiger partial charge in [0.1, 0.15) is 6.04 Å². The summed E-state index contributed by atoms with van der Waals surface area (Å²) >= 11 is 0. The fourth-order valence-corrected chi connectivity index (χ4v) is 3.48. The zero-order valence-electron chi connectivity index (χ0n) is 12.3. The number of nitrogens with two attached hydrogens (primary N) is 1. The van der Waals surface area contributed by atoms with Crippen LogP contribution >= 0.6 is 0 Å². The maximum absolute atomic E-state index is 12.8. The minimum Gasteiger partial charge on any atom is -0.326 e. The molecule has 3 N–H and O–H groups in total. The second-order valence-corrected chi connectivity index (χ2v) is 5.82. The van der Waals surface area contributed by atoms with Crippen LogP contribution in [0.4, 0.5) is 5.69 Å². The molecule has 4 rings (SSSR count). The van der Waals surface area contributed by atoms with E-state index in [2.05, 4.69) is 5.32 Å². The minimum absolute atomic E-state index is 0.200. The van der Waals surface area contributed by atoms with Crippen LogP contribution < -0.4 is 16.0 Å². The van der Waals surface area contributed by atoms with E-state index >= 15 is 0 Å². The van der Waals surface area contributed by atoms with Crippen LogP contribution in [-0.2, 0) is 16.1 Å². The Labute approximate surface area is 132 Å². The average Bonchev–Trinajstić information content (AvgIpc) is 2.83.